The van der Waals surface area contributed by atoms with Gasteiger partial charge in [0.2, 0.25) is 0 Å². The van der Waals surface area contributed by atoms with E-state index in [-0.39, 0.29) is 5.97 Å². The van der Waals surface area contributed by atoms with Crippen LogP contribution in [0.1, 0.15) is 32.6 Å². The van der Waals surface area contributed by atoms with Crippen molar-refractivity contribution in [1.82, 2.24) is 9.78 Å². The highest BCUT2D eigenvalue weighted by Crippen LogP contribution is 2.13. The number of benzene rings is 1. The van der Waals surface area contributed by atoms with Gasteiger partial charge in [0.25, 0.3) is 0 Å². The molecule has 0 N–H and O–H groups in total. The van der Waals surface area contributed by atoms with Gasteiger partial charge in [-0.15, -0.1) is 0 Å². The lowest BCUT2D eigenvalue weighted by Gasteiger charge is -2.04. The molecule has 0 aliphatic heterocycles. The Morgan fingerprint density at radius 3 is 2.95 bits per heavy atom. The molecule has 4 nitrogen and oxygen atoms in total. The van der Waals surface area contributed by atoms with Crippen LogP contribution in [0.25, 0.3) is 10.9 Å². The highest BCUT2D eigenvalue weighted by Gasteiger charge is 2.03. The lowest BCUT2D eigenvalue weighted by Crippen LogP contribution is -2.04. The molecule has 102 valence electrons. The van der Waals surface area contributed by atoms with Crippen LogP contribution < -0.4 is 0 Å². The minimum Gasteiger partial charge on any atom is -0.466 e. The van der Waals surface area contributed by atoms with E-state index in [0.29, 0.717) is 13.0 Å². The molecule has 0 saturated heterocycles. The van der Waals surface area contributed by atoms with Crippen LogP contribution in [0.15, 0.2) is 30.5 Å². The van der Waals surface area contributed by atoms with Crippen molar-refractivity contribution in [3.8, 4) is 0 Å². The number of rotatable bonds is 7. The third kappa shape index (κ3) is 3.81. The van der Waals surface area contributed by atoms with Crippen molar-refractivity contribution in [2.24, 2.45) is 0 Å². The summed E-state index contributed by atoms with van der Waals surface area (Å²) in [4.78, 5) is 11.2. The molecule has 0 atom stereocenters. The topological polar surface area (TPSA) is 44.1 Å². The second-order valence-electron chi connectivity index (χ2n) is 4.54. The Morgan fingerprint density at radius 1 is 1.26 bits per heavy atom. The molecule has 4 heteroatoms. The molecule has 0 bridgehead atoms. The van der Waals surface area contributed by atoms with Crippen LogP contribution >= 0.6 is 0 Å². The Hall–Kier alpha value is -1.84. The smallest absolute Gasteiger partial charge is 0.305 e. The van der Waals surface area contributed by atoms with E-state index in [4.69, 9.17) is 4.74 Å². The van der Waals surface area contributed by atoms with Crippen LogP contribution in [0.3, 0.4) is 0 Å². The first-order valence-corrected chi connectivity index (χ1v) is 6.87. The summed E-state index contributed by atoms with van der Waals surface area (Å²) in [6, 6.07) is 8.20. The van der Waals surface area contributed by atoms with E-state index in [9.17, 15) is 4.79 Å². The van der Waals surface area contributed by atoms with Gasteiger partial charge in [-0.25, -0.2) is 0 Å². The molecule has 0 spiro atoms. The van der Waals surface area contributed by atoms with Crippen LogP contribution in [0.2, 0.25) is 0 Å². The molecule has 0 aliphatic carbocycles. The first-order chi connectivity index (χ1) is 9.31. The van der Waals surface area contributed by atoms with E-state index in [2.05, 4.69) is 17.2 Å². The fourth-order valence-corrected chi connectivity index (χ4v) is 2.14. The van der Waals surface area contributed by atoms with Gasteiger partial charge in [0.05, 0.1) is 18.3 Å². The van der Waals surface area contributed by atoms with Gasteiger partial charge < -0.3 is 4.74 Å². The SMILES string of the molecule is CCOC(=O)CCCCCn1ncc2ccccc21. The van der Waals surface area contributed by atoms with E-state index in [1.165, 1.54) is 10.9 Å². The standard InChI is InChI=1S/C15H20N2O2/c1-2-19-15(18)10-4-3-7-11-17-14-9-6-5-8-13(14)12-16-17/h5-6,8-9,12H,2-4,7,10-11H2,1H3. The molecule has 0 fully saturated rings. The molecule has 0 radical (unpaired) electrons. The molecule has 0 amide bonds. The third-order valence-electron chi connectivity index (χ3n) is 3.11. The third-order valence-corrected chi connectivity index (χ3v) is 3.11. The van der Waals surface area contributed by atoms with Gasteiger partial charge in [0.15, 0.2) is 0 Å². The van der Waals surface area contributed by atoms with E-state index >= 15 is 0 Å². The molecule has 1 heterocycles. The first-order valence-electron chi connectivity index (χ1n) is 6.87. The Labute approximate surface area is 113 Å². The number of aryl methyl sites for hydroxylation is 1. The second-order valence-corrected chi connectivity index (χ2v) is 4.54. The zero-order valence-corrected chi connectivity index (χ0v) is 11.3. The first kappa shape index (κ1) is 13.6. The van der Waals surface area contributed by atoms with Gasteiger partial charge in [-0.1, -0.05) is 24.6 Å². The van der Waals surface area contributed by atoms with Crippen LogP contribution in [0, 0.1) is 0 Å². The number of fused-ring (bicyclic) bond motifs is 1. The van der Waals surface area contributed by atoms with Crippen molar-refractivity contribution in [3.05, 3.63) is 30.5 Å². The minimum absolute atomic E-state index is 0.0907. The number of unbranched alkanes of at least 4 members (excludes halogenated alkanes) is 2. The summed E-state index contributed by atoms with van der Waals surface area (Å²) in [6.07, 6.45) is 5.36. The molecule has 1 aromatic carbocycles. The summed E-state index contributed by atoms with van der Waals surface area (Å²) < 4.78 is 6.92. The number of aromatic nitrogens is 2. The maximum Gasteiger partial charge on any atom is 0.305 e. The van der Waals surface area contributed by atoms with Crippen molar-refractivity contribution >= 4 is 16.9 Å². The molecule has 2 aromatic rings. The summed E-state index contributed by atoms with van der Waals surface area (Å²) in [5.41, 5.74) is 1.17. The van der Waals surface area contributed by atoms with Crippen LogP contribution in [0.4, 0.5) is 0 Å². The molecule has 1 aromatic heterocycles. The molecular formula is C15H20N2O2. The monoisotopic (exact) mass is 260 g/mol. The molecule has 0 unspecified atom stereocenters. The Balaban J connectivity index is 1.73. The maximum atomic E-state index is 11.2. The molecule has 0 saturated carbocycles. The number of ether oxygens (including phenoxy) is 1. The largest absolute Gasteiger partial charge is 0.466 e. The van der Waals surface area contributed by atoms with Crippen LogP contribution in [-0.4, -0.2) is 22.4 Å². The van der Waals surface area contributed by atoms with Crippen molar-refractivity contribution in [2.75, 3.05) is 6.61 Å². The highest BCUT2D eigenvalue weighted by molar-refractivity contribution is 5.78. The van der Waals surface area contributed by atoms with Gasteiger partial charge in [-0.2, -0.15) is 5.10 Å². The summed E-state index contributed by atoms with van der Waals surface area (Å²) in [5.74, 6) is -0.0907. The lowest BCUT2D eigenvalue weighted by atomic mass is 10.2. The summed E-state index contributed by atoms with van der Waals surface area (Å²) in [7, 11) is 0. The van der Waals surface area contributed by atoms with E-state index < -0.39 is 0 Å². The number of hydrogen-bond donors (Lipinski definition) is 0. The predicted molar refractivity (Wildman–Crippen MR) is 74.8 cm³/mol. The molecular weight excluding hydrogens is 240 g/mol. The van der Waals surface area contributed by atoms with Gasteiger partial charge in [0, 0.05) is 18.4 Å². The van der Waals surface area contributed by atoms with Gasteiger partial charge in [-0.3, -0.25) is 9.48 Å². The minimum atomic E-state index is -0.0907. The van der Waals surface area contributed by atoms with Crippen molar-refractivity contribution in [3.63, 3.8) is 0 Å². The Morgan fingerprint density at radius 2 is 2.11 bits per heavy atom. The van der Waals surface area contributed by atoms with Crippen molar-refractivity contribution in [1.29, 1.82) is 0 Å². The molecule has 0 aliphatic rings. The van der Waals surface area contributed by atoms with E-state index in [1.54, 1.807) is 0 Å². The lowest BCUT2D eigenvalue weighted by molar-refractivity contribution is -0.143. The average molecular weight is 260 g/mol. The van der Waals surface area contributed by atoms with Crippen molar-refractivity contribution in [2.45, 2.75) is 39.2 Å². The zero-order chi connectivity index (χ0) is 13.5. The number of carbonyl (C=O) groups is 1. The number of esters is 1. The van der Waals surface area contributed by atoms with Gasteiger partial charge in [-0.05, 0) is 25.8 Å². The van der Waals surface area contributed by atoms with E-state index in [0.717, 1.165) is 25.8 Å². The number of carbonyl (C=O) groups excluding carboxylic acids is 1. The fraction of sp³-hybridized carbons (Fsp3) is 0.467. The quantitative estimate of drug-likeness (QED) is 0.567. The number of para-hydroxylation sites is 1. The van der Waals surface area contributed by atoms with Crippen molar-refractivity contribution < 1.29 is 9.53 Å². The maximum absolute atomic E-state index is 11.2. The average Bonchev–Trinajstić information content (AvgIpc) is 2.82. The Kier molecular flexibility index (Phi) is 4.95. The molecule has 2 rings (SSSR count). The summed E-state index contributed by atoms with van der Waals surface area (Å²) in [6.45, 7) is 3.20. The highest BCUT2D eigenvalue weighted by atomic mass is 16.5. The Bertz CT molecular complexity index is 534. The second kappa shape index (κ2) is 6.92. The normalized spacial score (nSPS) is 10.8. The predicted octanol–water partition coefficient (Wildman–Crippen LogP) is 3.16. The number of nitrogens with zero attached hydrogens (tertiary/aromatic N) is 2. The molecule has 19 heavy (non-hydrogen) atoms. The summed E-state index contributed by atoms with van der Waals surface area (Å²) in [5, 5.41) is 5.56. The van der Waals surface area contributed by atoms with E-state index in [1.807, 2.05) is 29.9 Å². The van der Waals surface area contributed by atoms with Gasteiger partial charge in [0.1, 0.15) is 0 Å². The number of hydrogen-bond acceptors (Lipinski definition) is 3. The fourth-order valence-electron chi connectivity index (χ4n) is 2.14. The van der Waals surface area contributed by atoms with Crippen LogP contribution in [0.5, 0.6) is 0 Å². The van der Waals surface area contributed by atoms with Crippen LogP contribution in [-0.2, 0) is 16.1 Å². The summed E-state index contributed by atoms with van der Waals surface area (Å²) >= 11 is 0. The zero-order valence-electron chi connectivity index (χ0n) is 11.3. The van der Waals surface area contributed by atoms with Gasteiger partial charge >= 0.3 is 5.97 Å².